The van der Waals surface area contributed by atoms with E-state index in [4.69, 9.17) is 9.15 Å². The van der Waals surface area contributed by atoms with E-state index < -0.39 is 6.36 Å². The lowest BCUT2D eigenvalue weighted by molar-refractivity contribution is -0.274. The van der Waals surface area contributed by atoms with Gasteiger partial charge in [-0.2, -0.15) is 0 Å². The van der Waals surface area contributed by atoms with E-state index in [1.54, 1.807) is 23.2 Å². The van der Waals surface area contributed by atoms with Crippen LogP contribution in [0.5, 0.6) is 11.5 Å². The molecule has 1 amide bonds. The van der Waals surface area contributed by atoms with Crippen molar-refractivity contribution >= 4 is 11.7 Å². The third kappa shape index (κ3) is 5.51. The number of anilines is 1. The molecule has 3 heterocycles. The highest BCUT2D eigenvalue weighted by atomic mass is 19.4. The summed E-state index contributed by atoms with van der Waals surface area (Å²) in [5.41, 5.74) is 0. The van der Waals surface area contributed by atoms with E-state index in [-0.39, 0.29) is 24.0 Å². The van der Waals surface area contributed by atoms with Crippen LogP contribution in [0.25, 0.3) is 0 Å². The molecule has 0 saturated carbocycles. The number of pyridine rings is 1. The molecule has 4 rings (SSSR count). The number of ether oxygens (including phenoxy) is 2. The molecule has 1 saturated heterocycles. The predicted molar refractivity (Wildman–Crippen MR) is 109 cm³/mol. The maximum atomic E-state index is 12.7. The fourth-order valence-corrected chi connectivity index (χ4v) is 3.30. The second-order valence-electron chi connectivity index (χ2n) is 7.04. The zero-order chi connectivity index (χ0) is 22.6. The molecule has 0 spiro atoms. The summed E-state index contributed by atoms with van der Waals surface area (Å²) in [7, 11) is 0. The van der Waals surface area contributed by atoms with Crippen molar-refractivity contribution < 1.29 is 31.9 Å². The summed E-state index contributed by atoms with van der Waals surface area (Å²) >= 11 is 0. The maximum Gasteiger partial charge on any atom is 0.573 e. The number of aromatic nitrogens is 1. The molecule has 1 aromatic carbocycles. The second kappa shape index (κ2) is 9.21. The van der Waals surface area contributed by atoms with Gasteiger partial charge in [0.2, 0.25) is 0 Å². The Kier molecular flexibility index (Phi) is 6.20. The summed E-state index contributed by atoms with van der Waals surface area (Å²) in [6.45, 7) is 2.48. The van der Waals surface area contributed by atoms with E-state index in [0.717, 1.165) is 18.0 Å². The van der Waals surface area contributed by atoms with Gasteiger partial charge in [-0.25, -0.2) is 4.98 Å². The molecule has 32 heavy (non-hydrogen) atoms. The van der Waals surface area contributed by atoms with Gasteiger partial charge in [0.15, 0.2) is 5.76 Å². The van der Waals surface area contributed by atoms with Gasteiger partial charge in [-0.15, -0.1) is 13.2 Å². The molecular weight excluding hydrogens is 427 g/mol. The zero-order valence-corrected chi connectivity index (χ0v) is 16.9. The maximum absolute atomic E-state index is 12.7. The SMILES string of the molecule is O=C(c1ccc(COc2ccc(OC(F)(F)F)cc2)o1)N1CCN(c2ccccn2)CC1. The average molecular weight is 447 g/mol. The van der Waals surface area contributed by atoms with Crippen molar-refractivity contribution in [1.29, 1.82) is 0 Å². The zero-order valence-electron chi connectivity index (χ0n) is 16.9. The molecule has 0 bridgehead atoms. The topological polar surface area (TPSA) is 68.0 Å². The fraction of sp³-hybridized carbons (Fsp3) is 0.273. The molecule has 0 atom stereocenters. The van der Waals surface area contributed by atoms with Gasteiger partial charge < -0.3 is 23.7 Å². The Labute approximate surface area is 182 Å². The van der Waals surface area contributed by atoms with Crippen LogP contribution in [0.3, 0.4) is 0 Å². The summed E-state index contributed by atoms with van der Waals surface area (Å²) in [6.07, 6.45) is -3.01. The number of carbonyl (C=O) groups excluding carboxylic acids is 1. The third-order valence-corrected chi connectivity index (χ3v) is 4.85. The summed E-state index contributed by atoms with van der Waals surface area (Å²) in [5.74, 6) is 1.33. The van der Waals surface area contributed by atoms with Crippen LogP contribution in [0.4, 0.5) is 19.0 Å². The first-order valence-corrected chi connectivity index (χ1v) is 9.90. The average Bonchev–Trinajstić information content (AvgIpc) is 3.27. The molecule has 0 unspecified atom stereocenters. The standard InChI is InChI=1S/C22H20F3N3O4/c23-22(24,25)32-17-6-4-16(5-7-17)30-15-18-8-9-19(31-18)21(29)28-13-11-27(12-14-28)20-3-1-2-10-26-20/h1-10H,11-15H2. The lowest BCUT2D eigenvalue weighted by Crippen LogP contribution is -2.49. The molecular formula is C22H20F3N3O4. The Morgan fingerprint density at radius 1 is 0.969 bits per heavy atom. The molecule has 3 aromatic rings. The number of halogens is 3. The van der Waals surface area contributed by atoms with Crippen molar-refractivity contribution in [2.75, 3.05) is 31.1 Å². The molecule has 1 aliphatic heterocycles. The highest BCUT2D eigenvalue weighted by molar-refractivity contribution is 5.91. The highest BCUT2D eigenvalue weighted by Gasteiger charge is 2.31. The van der Waals surface area contributed by atoms with Gasteiger partial charge >= 0.3 is 6.36 Å². The Morgan fingerprint density at radius 3 is 2.34 bits per heavy atom. The van der Waals surface area contributed by atoms with E-state index in [0.29, 0.717) is 37.7 Å². The second-order valence-corrected chi connectivity index (χ2v) is 7.04. The third-order valence-electron chi connectivity index (χ3n) is 4.85. The van der Waals surface area contributed by atoms with Crippen LogP contribution in [0, 0.1) is 0 Å². The van der Waals surface area contributed by atoms with Crippen LogP contribution in [0.1, 0.15) is 16.3 Å². The first-order valence-electron chi connectivity index (χ1n) is 9.90. The number of alkyl halides is 3. The number of carbonyl (C=O) groups is 1. The van der Waals surface area contributed by atoms with Crippen LogP contribution in [0.15, 0.2) is 65.2 Å². The van der Waals surface area contributed by atoms with Crippen LogP contribution < -0.4 is 14.4 Å². The molecule has 7 nitrogen and oxygen atoms in total. The van der Waals surface area contributed by atoms with E-state index in [2.05, 4.69) is 14.6 Å². The number of amides is 1. The Balaban J connectivity index is 1.28. The normalized spacial score (nSPS) is 14.3. The van der Waals surface area contributed by atoms with Gasteiger partial charge in [0.05, 0.1) is 0 Å². The monoisotopic (exact) mass is 447 g/mol. The minimum Gasteiger partial charge on any atom is -0.486 e. The summed E-state index contributed by atoms with van der Waals surface area (Å²) in [5, 5.41) is 0. The predicted octanol–water partition coefficient (Wildman–Crippen LogP) is 4.11. The van der Waals surface area contributed by atoms with Crippen molar-refractivity contribution in [3.05, 3.63) is 72.3 Å². The number of hydrogen-bond donors (Lipinski definition) is 0. The number of piperazine rings is 1. The van der Waals surface area contributed by atoms with Crippen LogP contribution in [-0.2, 0) is 6.61 Å². The lowest BCUT2D eigenvalue weighted by atomic mass is 10.2. The number of furan rings is 1. The molecule has 168 valence electrons. The van der Waals surface area contributed by atoms with Crippen molar-refractivity contribution in [1.82, 2.24) is 9.88 Å². The number of nitrogens with zero attached hydrogens (tertiary/aromatic N) is 3. The van der Waals surface area contributed by atoms with Crippen molar-refractivity contribution in [2.45, 2.75) is 13.0 Å². The molecule has 0 aliphatic carbocycles. The van der Waals surface area contributed by atoms with Gasteiger partial charge in [0.25, 0.3) is 5.91 Å². The summed E-state index contributed by atoms with van der Waals surface area (Å²) in [6, 6.07) is 14.0. The smallest absolute Gasteiger partial charge is 0.486 e. The Morgan fingerprint density at radius 2 is 1.69 bits per heavy atom. The van der Waals surface area contributed by atoms with Gasteiger partial charge in [-0.1, -0.05) is 6.07 Å². The van der Waals surface area contributed by atoms with E-state index >= 15 is 0 Å². The minimum absolute atomic E-state index is 0.0280. The molecule has 2 aromatic heterocycles. The first-order chi connectivity index (χ1) is 15.4. The van der Waals surface area contributed by atoms with Crippen molar-refractivity contribution in [3.8, 4) is 11.5 Å². The Bertz CT molecular complexity index is 1030. The lowest BCUT2D eigenvalue weighted by Gasteiger charge is -2.34. The number of benzene rings is 1. The van der Waals surface area contributed by atoms with E-state index in [1.165, 1.54) is 12.1 Å². The van der Waals surface area contributed by atoms with Crippen LogP contribution in [0.2, 0.25) is 0 Å². The quantitative estimate of drug-likeness (QED) is 0.567. The summed E-state index contributed by atoms with van der Waals surface area (Å²) < 4.78 is 51.6. The molecule has 1 aliphatic rings. The largest absolute Gasteiger partial charge is 0.573 e. The highest BCUT2D eigenvalue weighted by Crippen LogP contribution is 2.25. The van der Waals surface area contributed by atoms with Gasteiger partial charge in [-0.3, -0.25) is 4.79 Å². The fourth-order valence-electron chi connectivity index (χ4n) is 3.30. The first kappa shape index (κ1) is 21.5. The number of rotatable bonds is 6. The number of hydrogen-bond acceptors (Lipinski definition) is 6. The summed E-state index contributed by atoms with van der Waals surface area (Å²) in [4.78, 5) is 20.9. The molecule has 0 N–H and O–H groups in total. The van der Waals surface area contributed by atoms with Crippen molar-refractivity contribution in [3.63, 3.8) is 0 Å². The van der Waals surface area contributed by atoms with Crippen LogP contribution in [-0.4, -0.2) is 48.3 Å². The Hall–Kier alpha value is -3.69. The van der Waals surface area contributed by atoms with Gasteiger partial charge in [0.1, 0.15) is 29.7 Å². The van der Waals surface area contributed by atoms with Gasteiger partial charge in [-0.05, 0) is 48.5 Å². The van der Waals surface area contributed by atoms with Crippen molar-refractivity contribution in [2.24, 2.45) is 0 Å². The van der Waals surface area contributed by atoms with Crippen LogP contribution >= 0.6 is 0 Å². The minimum atomic E-state index is -4.75. The molecule has 0 radical (unpaired) electrons. The van der Waals surface area contributed by atoms with Gasteiger partial charge in [0, 0.05) is 32.4 Å². The molecule has 1 fully saturated rings. The van der Waals surface area contributed by atoms with E-state index in [9.17, 15) is 18.0 Å². The molecule has 10 heteroatoms. The van der Waals surface area contributed by atoms with E-state index in [1.807, 2.05) is 18.2 Å².